The molecule has 0 unspecified atom stereocenters. The van der Waals surface area contributed by atoms with Crippen molar-refractivity contribution in [1.29, 1.82) is 0 Å². The summed E-state index contributed by atoms with van der Waals surface area (Å²) in [5, 5.41) is 0.442. The first-order chi connectivity index (χ1) is 7.22. The maximum Gasteiger partial charge on any atom is 0.156 e. The van der Waals surface area contributed by atoms with E-state index >= 15 is 0 Å². The maximum atomic E-state index is 6.01. The first-order valence-corrected chi connectivity index (χ1v) is 5.94. The molecule has 0 fully saturated rings. The lowest BCUT2D eigenvalue weighted by molar-refractivity contribution is 0.128. The third kappa shape index (κ3) is 2.24. The fourth-order valence-electron chi connectivity index (χ4n) is 1.24. The lowest BCUT2D eigenvalue weighted by Crippen LogP contribution is -1.99. The van der Waals surface area contributed by atoms with Crippen molar-refractivity contribution in [3.05, 3.63) is 20.7 Å². The molecule has 2 aromatic rings. The van der Waals surface area contributed by atoms with E-state index in [1.165, 1.54) is 0 Å². The van der Waals surface area contributed by atoms with Crippen molar-refractivity contribution in [3.63, 3.8) is 0 Å². The van der Waals surface area contributed by atoms with E-state index < -0.39 is 0 Å². The molecule has 0 amide bonds. The first kappa shape index (κ1) is 11.1. The van der Waals surface area contributed by atoms with Crippen molar-refractivity contribution < 1.29 is 4.74 Å². The molecule has 0 aliphatic rings. The van der Waals surface area contributed by atoms with Crippen LogP contribution in [0.3, 0.4) is 0 Å². The van der Waals surface area contributed by atoms with Crippen molar-refractivity contribution in [2.24, 2.45) is 0 Å². The van der Waals surface area contributed by atoms with Crippen LogP contribution in [-0.2, 0) is 11.3 Å². The van der Waals surface area contributed by atoms with Gasteiger partial charge in [0.25, 0.3) is 0 Å². The topological polar surface area (TPSA) is 50.8 Å². The number of fused-ring (bicyclic) bond motifs is 1. The van der Waals surface area contributed by atoms with E-state index in [-0.39, 0.29) is 0 Å². The van der Waals surface area contributed by atoms with Gasteiger partial charge in [-0.05, 0) is 29.5 Å². The van der Waals surface area contributed by atoms with Gasteiger partial charge in [0.1, 0.15) is 17.6 Å². The summed E-state index contributed by atoms with van der Waals surface area (Å²) >= 11 is 8.22. The normalized spacial score (nSPS) is 11.1. The van der Waals surface area contributed by atoms with Crippen molar-refractivity contribution in [1.82, 2.24) is 15.0 Å². The molecule has 0 aliphatic carbocycles. The van der Waals surface area contributed by atoms with Crippen LogP contribution in [0.4, 0.5) is 0 Å². The van der Waals surface area contributed by atoms with E-state index in [1.54, 1.807) is 0 Å². The number of aromatic amines is 1. The van der Waals surface area contributed by atoms with Gasteiger partial charge in [-0.25, -0.2) is 9.97 Å². The van der Waals surface area contributed by atoms with Crippen LogP contribution < -0.4 is 0 Å². The number of hydrogen-bond acceptors (Lipinski definition) is 3. The highest BCUT2D eigenvalue weighted by Gasteiger charge is 2.09. The summed E-state index contributed by atoms with van der Waals surface area (Å²) in [6, 6.07) is 0. The van der Waals surface area contributed by atoms with E-state index in [9.17, 15) is 0 Å². The fourth-order valence-corrected chi connectivity index (χ4v) is 2.03. The zero-order valence-electron chi connectivity index (χ0n) is 8.05. The second-order valence-corrected chi connectivity index (χ2v) is 4.45. The lowest BCUT2D eigenvalue weighted by atomic mass is 10.4. The molecule has 2 rings (SSSR count). The second-order valence-electron chi connectivity index (χ2n) is 2.93. The summed E-state index contributed by atoms with van der Waals surface area (Å²) in [7, 11) is 0. The average Bonchev–Trinajstić information content (AvgIpc) is 2.58. The van der Waals surface area contributed by atoms with Crippen molar-refractivity contribution >= 4 is 45.2 Å². The third-order valence-corrected chi connectivity index (χ3v) is 3.01. The third-order valence-electron chi connectivity index (χ3n) is 1.92. The Morgan fingerprint density at radius 3 is 3.07 bits per heavy atom. The Labute approximate surface area is 106 Å². The molecule has 1 N–H and O–H groups in total. The molecule has 2 heterocycles. The SMILES string of the molecule is CCOCc1nc(Cl)c2[nH]cc(I)c2n1. The average molecular weight is 338 g/mol. The Morgan fingerprint density at radius 1 is 1.53 bits per heavy atom. The predicted molar refractivity (Wildman–Crippen MR) is 66.9 cm³/mol. The zero-order chi connectivity index (χ0) is 10.8. The van der Waals surface area contributed by atoms with Crippen LogP contribution >= 0.6 is 34.2 Å². The van der Waals surface area contributed by atoms with Crippen LogP contribution in [-0.4, -0.2) is 21.6 Å². The Balaban J connectivity index is 2.45. The zero-order valence-corrected chi connectivity index (χ0v) is 11.0. The summed E-state index contributed by atoms with van der Waals surface area (Å²) < 4.78 is 6.28. The summed E-state index contributed by atoms with van der Waals surface area (Å²) in [6.45, 7) is 2.97. The maximum absolute atomic E-state index is 6.01. The Kier molecular flexibility index (Phi) is 3.42. The Bertz CT molecular complexity index is 485. The van der Waals surface area contributed by atoms with Crippen LogP contribution in [0, 0.1) is 3.57 Å². The van der Waals surface area contributed by atoms with Gasteiger partial charge in [0.2, 0.25) is 0 Å². The summed E-state index contributed by atoms with van der Waals surface area (Å²) in [5.41, 5.74) is 1.63. The quantitative estimate of drug-likeness (QED) is 0.692. The Hall–Kier alpha value is -0.400. The van der Waals surface area contributed by atoms with E-state index in [1.807, 2.05) is 13.1 Å². The molecule has 0 bridgehead atoms. The van der Waals surface area contributed by atoms with Gasteiger partial charge in [-0.1, -0.05) is 11.6 Å². The van der Waals surface area contributed by atoms with E-state index in [0.29, 0.717) is 24.2 Å². The molecule has 0 atom stereocenters. The van der Waals surface area contributed by atoms with Gasteiger partial charge in [0.05, 0.1) is 3.57 Å². The number of aromatic nitrogens is 3. The van der Waals surface area contributed by atoms with Gasteiger partial charge in [-0.3, -0.25) is 0 Å². The van der Waals surface area contributed by atoms with Crippen molar-refractivity contribution in [2.75, 3.05) is 6.61 Å². The van der Waals surface area contributed by atoms with Crippen LogP contribution in [0.5, 0.6) is 0 Å². The molecule has 80 valence electrons. The number of nitrogens with zero attached hydrogens (tertiary/aromatic N) is 2. The summed E-state index contributed by atoms with van der Waals surface area (Å²) in [5.74, 6) is 0.617. The van der Waals surface area contributed by atoms with Crippen LogP contribution in [0.1, 0.15) is 12.7 Å². The molecule has 0 spiro atoms. The van der Waals surface area contributed by atoms with Crippen LogP contribution in [0.25, 0.3) is 11.0 Å². The molecule has 0 aromatic carbocycles. The molecule has 2 aromatic heterocycles. The number of rotatable bonds is 3. The largest absolute Gasteiger partial charge is 0.374 e. The highest BCUT2D eigenvalue weighted by molar-refractivity contribution is 14.1. The molecule has 6 heteroatoms. The highest BCUT2D eigenvalue weighted by atomic mass is 127. The first-order valence-electron chi connectivity index (χ1n) is 4.49. The number of halogens is 2. The number of H-pyrrole nitrogens is 1. The molecule has 0 aliphatic heterocycles. The van der Waals surface area contributed by atoms with Gasteiger partial charge in [0.15, 0.2) is 11.0 Å². The number of hydrogen-bond donors (Lipinski definition) is 1. The van der Waals surface area contributed by atoms with Crippen molar-refractivity contribution in [2.45, 2.75) is 13.5 Å². The minimum atomic E-state index is 0.396. The summed E-state index contributed by atoms with van der Waals surface area (Å²) in [6.07, 6.45) is 1.86. The van der Waals surface area contributed by atoms with Crippen molar-refractivity contribution in [3.8, 4) is 0 Å². The molecule has 4 nitrogen and oxygen atoms in total. The smallest absolute Gasteiger partial charge is 0.156 e. The highest BCUT2D eigenvalue weighted by Crippen LogP contribution is 2.23. The molecular weight excluding hydrogens is 328 g/mol. The number of ether oxygens (including phenoxy) is 1. The van der Waals surface area contributed by atoms with Gasteiger partial charge < -0.3 is 9.72 Å². The van der Waals surface area contributed by atoms with Gasteiger partial charge in [-0.2, -0.15) is 0 Å². The van der Waals surface area contributed by atoms with Gasteiger partial charge in [-0.15, -0.1) is 0 Å². The molecule has 15 heavy (non-hydrogen) atoms. The van der Waals surface area contributed by atoms with Gasteiger partial charge in [0, 0.05) is 12.8 Å². The van der Waals surface area contributed by atoms with Crippen LogP contribution in [0.2, 0.25) is 5.15 Å². The van der Waals surface area contributed by atoms with E-state index in [4.69, 9.17) is 16.3 Å². The Morgan fingerprint density at radius 2 is 2.33 bits per heavy atom. The summed E-state index contributed by atoms with van der Waals surface area (Å²) in [4.78, 5) is 11.6. The molecular formula is C9H9ClIN3O. The minimum Gasteiger partial charge on any atom is -0.374 e. The minimum absolute atomic E-state index is 0.396. The number of nitrogens with one attached hydrogen (secondary N) is 1. The molecule has 0 saturated heterocycles. The molecule has 0 saturated carbocycles. The fraction of sp³-hybridized carbons (Fsp3) is 0.333. The second kappa shape index (κ2) is 4.63. The molecule has 0 radical (unpaired) electrons. The van der Waals surface area contributed by atoms with Gasteiger partial charge >= 0.3 is 0 Å². The monoisotopic (exact) mass is 337 g/mol. The van der Waals surface area contributed by atoms with E-state index in [2.05, 4.69) is 37.5 Å². The lowest BCUT2D eigenvalue weighted by Gasteiger charge is -2.01. The van der Waals surface area contributed by atoms with E-state index in [0.717, 1.165) is 14.6 Å². The standard InChI is InChI=1S/C9H9ClIN3O/c1-2-15-4-6-13-7-5(11)3-12-8(7)9(10)14-6/h3,12H,2,4H2,1H3. The predicted octanol–water partition coefficient (Wildman–Crippen LogP) is 2.75. The van der Waals surface area contributed by atoms with Crippen LogP contribution in [0.15, 0.2) is 6.20 Å².